The van der Waals surface area contributed by atoms with Crippen molar-refractivity contribution in [1.82, 2.24) is 14.8 Å². The molecule has 6 nitrogen and oxygen atoms in total. The average molecular weight is 248 g/mol. The lowest BCUT2D eigenvalue weighted by atomic mass is 10.3. The molecule has 96 valence electrons. The summed E-state index contributed by atoms with van der Waals surface area (Å²) in [4.78, 5) is 4.16. The zero-order chi connectivity index (χ0) is 12.8. The van der Waals surface area contributed by atoms with Crippen LogP contribution in [0.3, 0.4) is 0 Å². The molecule has 0 aliphatic heterocycles. The van der Waals surface area contributed by atoms with Crippen LogP contribution in [0.1, 0.15) is 0 Å². The van der Waals surface area contributed by atoms with Crippen molar-refractivity contribution in [3.8, 4) is 5.69 Å². The number of nitrogens with zero attached hydrogens (tertiary/aromatic N) is 3. The van der Waals surface area contributed by atoms with Gasteiger partial charge in [0.1, 0.15) is 6.33 Å². The highest BCUT2D eigenvalue weighted by Crippen LogP contribution is 2.06. The minimum atomic E-state index is -0.311. The summed E-state index contributed by atoms with van der Waals surface area (Å²) < 4.78 is 11.8. The molecule has 0 unspecified atom stereocenters. The molecular weight excluding hydrogens is 232 g/mol. The van der Waals surface area contributed by atoms with Gasteiger partial charge in [-0.1, -0.05) is 18.2 Å². The lowest BCUT2D eigenvalue weighted by molar-refractivity contribution is -0.0914. The molecule has 0 saturated carbocycles. The first-order valence-electron chi connectivity index (χ1n) is 5.60. The lowest BCUT2D eigenvalue weighted by Gasteiger charge is -2.12. The first kappa shape index (κ1) is 12.5. The number of rotatable bonds is 6. The maximum Gasteiger partial charge on any atom is 0.242 e. The molecule has 0 aliphatic rings. The van der Waals surface area contributed by atoms with Crippen LogP contribution in [0.25, 0.3) is 5.69 Å². The Morgan fingerprint density at radius 3 is 2.61 bits per heavy atom. The van der Waals surface area contributed by atoms with Gasteiger partial charge in [0.2, 0.25) is 5.95 Å². The Morgan fingerprint density at radius 1 is 1.22 bits per heavy atom. The van der Waals surface area contributed by atoms with Gasteiger partial charge in [-0.25, -0.2) is 9.67 Å². The third kappa shape index (κ3) is 3.06. The normalized spacial score (nSPS) is 10.8. The van der Waals surface area contributed by atoms with Crippen LogP contribution in [-0.2, 0) is 9.47 Å². The summed E-state index contributed by atoms with van der Waals surface area (Å²) in [6.07, 6.45) is 1.35. The van der Waals surface area contributed by atoms with E-state index in [0.717, 1.165) is 5.69 Å². The molecule has 0 fully saturated rings. The molecular formula is C12H16N4O2. The molecule has 1 aromatic heterocycles. The maximum absolute atomic E-state index is 5.07. The van der Waals surface area contributed by atoms with Gasteiger partial charge in [0.25, 0.3) is 0 Å². The predicted molar refractivity (Wildman–Crippen MR) is 67.7 cm³/mol. The highest BCUT2D eigenvalue weighted by atomic mass is 16.7. The van der Waals surface area contributed by atoms with E-state index >= 15 is 0 Å². The Kier molecular flexibility index (Phi) is 4.27. The van der Waals surface area contributed by atoms with Gasteiger partial charge in [-0.2, -0.15) is 0 Å². The standard InChI is InChI=1S/C12H16N4O2/c1-17-11(18-2)8-13-12-14-9-16(15-12)10-6-4-3-5-7-10/h3-7,9,11H,8H2,1-2H3,(H,13,15). The summed E-state index contributed by atoms with van der Waals surface area (Å²) >= 11 is 0. The van der Waals surface area contributed by atoms with Crippen LogP contribution in [0.2, 0.25) is 0 Å². The summed E-state index contributed by atoms with van der Waals surface area (Å²) in [7, 11) is 3.18. The van der Waals surface area contributed by atoms with Crippen LogP contribution in [0.5, 0.6) is 0 Å². The second-order valence-corrected chi connectivity index (χ2v) is 3.63. The number of anilines is 1. The number of methoxy groups -OCH3 is 2. The van der Waals surface area contributed by atoms with E-state index in [1.165, 1.54) is 0 Å². The lowest BCUT2D eigenvalue weighted by Crippen LogP contribution is -2.24. The molecule has 0 radical (unpaired) electrons. The Morgan fingerprint density at radius 2 is 1.94 bits per heavy atom. The third-order valence-electron chi connectivity index (χ3n) is 2.47. The van der Waals surface area contributed by atoms with Gasteiger partial charge in [0, 0.05) is 14.2 Å². The molecule has 1 heterocycles. The van der Waals surface area contributed by atoms with Gasteiger partial charge >= 0.3 is 0 Å². The van der Waals surface area contributed by atoms with Crippen LogP contribution < -0.4 is 5.32 Å². The van der Waals surface area contributed by atoms with Crippen LogP contribution in [0.4, 0.5) is 5.95 Å². The van der Waals surface area contributed by atoms with Crippen molar-refractivity contribution in [2.24, 2.45) is 0 Å². The molecule has 0 atom stereocenters. The quantitative estimate of drug-likeness (QED) is 0.781. The molecule has 6 heteroatoms. The van der Waals surface area contributed by atoms with Crippen LogP contribution in [0.15, 0.2) is 36.7 Å². The second kappa shape index (κ2) is 6.13. The molecule has 0 bridgehead atoms. The number of benzene rings is 1. The highest BCUT2D eigenvalue weighted by molar-refractivity contribution is 5.32. The van der Waals surface area contributed by atoms with Gasteiger partial charge in [-0.05, 0) is 12.1 Å². The van der Waals surface area contributed by atoms with Gasteiger partial charge in [-0.15, -0.1) is 5.10 Å². The zero-order valence-electron chi connectivity index (χ0n) is 10.4. The number of ether oxygens (including phenoxy) is 2. The van der Waals surface area contributed by atoms with Gasteiger partial charge in [0.15, 0.2) is 6.29 Å². The van der Waals surface area contributed by atoms with Crippen molar-refractivity contribution in [2.75, 3.05) is 26.1 Å². The Labute approximate surface area is 106 Å². The predicted octanol–water partition coefficient (Wildman–Crippen LogP) is 1.30. The molecule has 0 saturated heterocycles. The number of aromatic nitrogens is 3. The molecule has 0 spiro atoms. The Balaban J connectivity index is 1.98. The average Bonchev–Trinajstić information content (AvgIpc) is 2.90. The molecule has 1 aromatic carbocycles. The fraction of sp³-hybridized carbons (Fsp3) is 0.333. The van der Waals surface area contributed by atoms with E-state index < -0.39 is 0 Å². The van der Waals surface area contributed by atoms with E-state index in [0.29, 0.717) is 12.5 Å². The monoisotopic (exact) mass is 248 g/mol. The van der Waals surface area contributed by atoms with Crippen molar-refractivity contribution in [3.63, 3.8) is 0 Å². The summed E-state index contributed by atoms with van der Waals surface area (Å²) in [5.41, 5.74) is 0.966. The van der Waals surface area contributed by atoms with Gasteiger partial charge in [0.05, 0.1) is 12.2 Å². The van der Waals surface area contributed by atoms with Crippen molar-refractivity contribution in [1.29, 1.82) is 0 Å². The van der Waals surface area contributed by atoms with E-state index in [1.54, 1.807) is 25.2 Å². The van der Waals surface area contributed by atoms with E-state index in [1.807, 2.05) is 30.3 Å². The molecule has 18 heavy (non-hydrogen) atoms. The van der Waals surface area contributed by atoms with Crippen molar-refractivity contribution >= 4 is 5.95 Å². The second-order valence-electron chi connectivity index (χ2n) is 3.63. The van der Waals surface area contributed by atoms with Crippen LogP contribution >= 0.6 is 0 Å². The summed E-state index contributed by atoms with van der Waals surface area (Å²) in [5.74, 6) is 0.540. The first-order chi connectivity index (χ1) is 8.83. The van der Waals surface area contributed by atoms with Crippen molar-refractivity contribution in [3.05, 3.63) is 36.7 Å². The first-order valence-corrected chi connectivity index (χ1v) is 5.60. The van der Waals surface area contributed by atoms with E-state index in [9.17, 15) is 0 Å². The molecule has 2 rings (SSSR count). The summed E-state index contributed by atoms with van der Waals surface area (Å²) in [6.45, 7) is 0.492. The van der Waals surface area contributed by atoms with E-state index in [-0.39, 0.29) is 6.29 Å². The molecule has 0 aliphatic carbocycles. The number of nitrogens with one attached hydrogen (secondary N) is 1. The minimum Gasteiger partial charge on any atom is -0.354 e. The number of hydrogen-bond donors (Lipinski definition) is 1. The summed E-state index contributed by atoms with van der Waals surface area (Å²) in [5, 5.41) is 7.35. The van der Waals surface area contributed by atoms with Crippen LogP contribution in [0, 0.1) is 0 Å². The fourth-order valence-corrected chi connectivity index (χ4v) is 1.49. The zero-order valence-corrected chi connectivity index (χ0v) is 10.4. The van der Waals surface area contributed by atoms with E-state index in [2.05, 4.69) is 15.4 Å². The van der Waals surface area contributed by atoms with Crippen molar-refractivity contribution < 1.29 is 9.47 Å². The van der Waals surface area contributed by atoms with Gasteiger partial charge < -0.3 is 14.8 Å². The smallest absolute Gasteiger partial charge is 0.242 e. The number of para-hydroxylation sites is 1. The van der Waals surface area contributed by atoms with Gasteiger partial charge in [-0.3, -0.25) is 0 Å². The number of hydrogen-bond acceptors (Lipinski definition) is 5. The largest absolute Gasteiger partial charge is 0.354 e. The summed E-state index contributed by atoms with van der Waals surface area (Å²) in [6, 6.07) is 9.80. The highest BCUT2D eigenvalue weighted by Gasteiger charge is 2.07. The SMILES string of the molecule is COC(CNc1ncn(-c2ccccc2)n1)OC. The minimum absolute atomic E-state index is 0.311. The Hall–Kier alpha value is -1.92. The van der Waals surface area contributed by atoms with E-state index in [4.69, 9.17) is 9.47 Å². The Bertz CT molecular complexity index is 468. The van der Waals surface area contributed by atoms with Crippen LogP contribution in [-0.4, -0.2) is 41.8 Å². The van der Waals surface area contributed by atoms with Crippen molar-refractivity contribution in [2.45, 2.75) is 6.29 Å². The topological polar surface area (TPSA) is 61.2 Å². The molecule has 0 amide bonds. The third-order valence-corrected chi connectivity index (χ3v) is 2.47. The maximum atomic E-state index is 5.07. The molecule has 2 aromatic rings. The molecule has 1 N–H and O–H groups in total. The fourth-order valence-electron chi connectivity index (χ4n) is 1.49.